The predicted octanol–water partition coefficient (Wildman–Crippen LogP) is 2.69. The SMILES string of the molecule is CSCOc1ccccc1B1OC(C)(C)C(C)(C)O1. The molecule has 104 valence electrons. The molecule has 19 heavy (non-hydrogen) atoms. The van der Waals surface area contributed by atoms with E-state index in [2.05, 4.69) is 27.7 Å². The number of para-hydroxylation sites is 1. The van der Waals surface area contributed by atoms with Gasteiger partial charge in [0.25, 0.3) is 0 Å². The number of hydrogen-bond donors (Lipinski definition) is 0. The zero-order chi connectivity index (χ0) is 14.1. The Bertz CT molecular complexity index is 432. The lowest BCUT2D eigenvalue weighted by Gasteiger charge is -2.32. The minimum Gasteiger partial charge on any atom is -0.483 e. The van der Waals surface area contributed by atoms with Gasteiger partial charge in [0.1, 0.15) is 11.7 Å². The summed E-state index contributed by atoms with van der Waals surface area (Å²) in [6.07, 6.45) is 2.01. The van der Waals surface area contributed by atoms with E-state index in [9.17, 15) is 0 Å². The van der Waals surface area contributed by atoms with Gasteiger partial charge in [-0.2, -0.15) is 0 Å². The maximum Gasteiger partial charge on any atom is 0.498 e. The zero-order valence-electron chi connectivity index (χ0n) is 12.2. The normalized spacial score (nSPS) is 20.6. The van der Waals surface area contributed by atoms with Crippen LogP contribution in [0.3, 0.4) is 0 Å². The largest absolute Gasteiger partial charge is 0.498 e. The average molecular weight is 280 g/mol. The summed E-state index contributed by atoms with van der Waals surface area (Å²) < 4.78 is 17.9. The number of thioether (sulfide) groups is 1. The van der Waals surface area contributed by atoms with Gasteiger partial charge in [0.05, 0.1) is 11.2 Å². The van der Waals surface area contributed by atoms with Gasteiger partial charge in [-0.05, 0) is 40.0 Å². The van der Waals surface area contributed by atoms with E-state index >= 15 is 0 Å². The Morgan fingerprint density at radius 2 is 1.68 bits per heavy atom. The molecule has 1 aliphatic heterocycles. The van der Waals surface area contributed by atoms with Gasteiger partial charge in [-0.15, -0.1) is 11.8 Å². The third-order valence-corrected chi connectivity index (χ3v) is 4.11. The lowest BCUT2D eigenvalue weighted by Crippen LogP contribution is -2.41. The summed E-state index contributed by atoms with van der Waals surface area (Å²) >= 11 is 1.64. The van der Waals surface area contributed by atoms with Crippen molar-refractivity contribution in [3.05, 3.63) is 24.3 Å². The standard InChI is InChI=1S/C14H21BO3S/c1-13(2)14(3,4)18-15(17-13)11-8-6-7-9-12(11)16-10-19-5/h6-9H,10H2,1-5H3. The summed E-state index contributed by atoms with van der Waals surface area (Å²) in [6, 6.07) is 7.89. The first kappa shape index (κ1) is 14.8. The Morgan fingerprint density at radius 3 is 2.26 bits per heavy atom. The van der Waals surface area contributed by atoms with Gasteiger partial charge in [-0.25, -0.2) is 0 Å². The highest BCUT2D eigenvalue weighted by Gasteiger charge is 2.52. The van der Waals surface area contributed by atoms with Gasteiger partial charge in [0.15, 0.2) is 0 Å². The second-order valence-electron chi connectivity index (χ2n) is 5.68. The molecule has 0 atom stereocenters. The van der Waals surface area contributed by atoms with Crippen molar-refractivity contribution in [3.63, 3.8) is 0 Å². The van der Waals surface area contributed by atoms with Gasteiger partial charge < -0.3 is 14.0 Å². The van der Waals surface area contributed by atoms with Crippen LogP contribution in [0.5, 0.6) is 5.75 Å². The number of hydrogen-bond acceptors (Lipinski definition) is 4. The third kappa shape index (κ3) is 2.93. The van der Waals surface area contributed by atoms with E-state index in [4.69, 9.17) is 14.0 Å². The Hall–Kier alpha value is -0.645. The second kappa shape index (κ2) is 5.39. The maximum absolute atomic E-state index is 6.06. The first-order chi connectivity index (χ1) is 8.87. The monoisotopic (exact) mass is 280 g/mol. The van der Waals surface area contributed by atoms with Crippen LogP contribution >= 0.6 is 11.8 Å². The number of benzene rings is 1. The van der Waals surface area contributed by atoms with Gasteiger partial charge in [-0.1, -0.05) is 18.2 Å². The summed E-state index contributed by atoms with van der Waals surface area (Å²) in [5.74, 6) is 1.45. The summed E-state index contributed by atoms with van der Waals surface area (Å²) in [5, 5.41) is 0. The second-order valence-corrected chi connectivity index (χ2v) is 6.49. The number of ether oxygens (including phenoxy) is 1. The van der Waals surface area contributed by atoms with Crippen LogP contribution in [0.2, 0.25) is 0 Å². The molecule has 3 nitrogen and oxygen atoms in total. The summed E-state index contributed by atoms with van der Waals surface area (Å²) in [4.78, 5) is 0. The van der Waals surface area contributed by atoms with Crippen molar-refractivity contribution in [1.29, 1.82) is 0 Å². The van der Waals surface area contributed by atoms with E-state index in [0.717, 1.165) is 11.2 Å². The molecule has 0 aromatic heterocycles. The first-order valence-electron chi connectivity index (χ1n) is 6.44. The van der Waals surface area contributed by atoms with Crippen molar-refractivity contribution in [3.8, 4) is 5.75 Å². The van der Waals surface area contributed by atoms with E-state index in [0.29, 0.717) is 5.94 Å². The fourth-order valence-electron chi connectivity index (χ4n) is 1.90. The van der Waals surface area contributed by atoms with E-state index in [1.807, 2.05) is 30.5 Å². The van der Waals surface area contributed by atoms with Gasteiger partial charge in [0, 0.05) is 5.46 Å². The Balaban J connectivity index is 2.24. The molecule has 0 unspecified atom stereocenters. The van der Waals surface area contributed by atoms with Crippen LogP contribution in [0.15, 0.2) is 24.3 Å². The lowest BCUT2D eigenvalue weighted by atomic mass is 9.78. The Morgan fingerprint density at radius 1 is 1.11 bits per heavy atom. The molecule has 1 saturated heterocycles. The van der Waals surface area contributed by atoms with Crippen LogP contribution in [0.4, 0.5) is 0 Å². The highest BCUT2D eigenvalue weighted by molar-refractivity contribution is 7.98. The first-order valence-corrected chi connectivity index (χ1v) is 7.83. The lowest BCUT2D eigenvalue weighted by molar-refractivity contribution is 0.00578. The van der Waals surface area contributed by atoms with Crippen LogP contribution in [-0.4, -0.2) is 30.5 Å². The van der Waals surface area contributed by atoms with E-state index in [-0.39, 0.29) is 18.3 Å². The molecule has 2 rings (SSSR count). The molecule has 0 N–H and O–H groups in total. The highest BCUT2D eigenvalue weighted by atomic mass is 32.2. The predicted molar refractivity (Wildman–Crippen MR) is 81.2 cm³/mol. The van der Waals surface area contributed by atoms with E-state index in [1.165, 1.54) is 0 Å². The molecule has 0 aliphatic carbocycles. The minimum atomic E-state index is -0.372. The molecule has 0 spiro atoms. The molecule has 1 aromatic carbocycles. The van der Waals surface area contributed by atoms with Crippen molar-refractivity contribution in [2.75, 3.05) is 12.2 Å². The van der Waals surface area contributed by atoms with Crippen LogP contribution in [0.25, 0.3) is 0 Å². The molecule has 0 saturated carbocycles. The van der Waals surface area contributed by atoms with E-state index < -0.39 is 0 Å². The van der Waals surface area contributed by atoms with Crippen molar-refractivity contribution in [2.45, 2.75) is 38.9 Å². The van der Waals surface area contributed by atoms with Crippen molar-refractivity contribution in [2.24, 2.45) is 0 Å². The van der Waals surface area contributed by atoms with Crippen LogP contribution in [-0.2, 0) is 9.31 Å². The fourth-order valence-corrected chi connectivity index (χ4v) is 2.14. The van der Waals surface area contributed by atoms with Crippen molar-refractivity contribution < 1.29 is 14.0 Å². The van der Waals surface area contributed by atoms with Gasteiger partial charge in [-0.3, -0.25) is 0 Å². The Kier molecular flexibility index (Phi) is 4.18. The maximum atomic E-state index is 6.06. The topological polar surface area (TPSA) is 27.7 Å². The van der Waals surface area contributed by atoms with Crippen LogP contribution in [0, 0.1) is 0 Å². The van der Waals surface area contributed by atoms with E-state index in [1.54, 1.807) is 11.8 Å². The molecule has 0 bridgehead atoms. The molecule has 1 aromatic rings. The molecule has 1 heterocycles. The molecule has 0 amide bonds. The minimum absolute atomic E-state index is 0.329. The van der Waals surface area contributed by atoms with Crippen LogP contribution in [0.1, 0.15) is 27.7 Å². The third-order valence-electron chi connectivity index (χ3n) is 3.76. The molecule has 5 heteroatoms. The highest BCUT2D eigenvalue weighted by Crippen LogP contribution is 2.37. The van der Waals surface area contributed by atoms with Gasteiger partial charge in [0.2, 0.25) is 0 Å². The molecule has 1 fully saturated rings. The average Bonchev–Trinajstić information content (AvgIpc) is 2.56. The van der Waals surface area contributed by atoms with Crippen LogP contribution < -0.4 is 10.2 Å². The zero-order valence-corrected chi connectivity index (χ0v) is 13.0. The fraction of sp³-hybridized carbons (Fsp3) is 0.571. The quantitative estimate of drug-likeness (QED) is 0.626. The summed E-state index contributed by atoms with van der Waals surface area (Å²) in [6.45, 7) is 8.22. The summed E-state index contributed by atoms with van der Waals surface area (Å²) in [5.41, 5.74) is 0.296. The molecular weight excluding hydrogens is 259 g/mol. The van der Waals surface area contributed by atoms with Gasteiger partial charge >= 0.3 is 7.12 Å². The molecule has 1 aliphatic rings. The molecule has 0 radical (unpaired) electrons. The Labute approximate surface area is 120 Å². The van der Waals surface area contributed by atoms with Crippen molar-refractivity contribution >= 4 is 24.3 Å². The summed E-state index contributed by atoms with van der Waals surface area (Å²) in [7, 11) is -0.372. The molecular formula is C14H21BO3S. The smallest absolute Gasteiger partial charge is 0.483 e. The van der Waals surface area contributed by atoms with Crippen molar-refractivity contribution in [1.82, 2.24) is 0 Å². The number of rotatable bonds is 4.